The van der Waals surface area contributed by atoms with Crippen LogP contribution in [0.2, 0.25) is 0 Å². The molecule has 2 N–H and O–H groups in total. The lowest BCUT2D eigenvalue weighted by atomic mass is 10.1. The highest BCUT2D eigenvalue weighted by Crippen LogP contribution is 2.28. The number of anilines is 2. The number of benzene rings is 2. The largest absolute Gasteiger partial charge is 0.435 e. The molecule has 0 atom stereocenters. The highest BCUT2D eigenvalue weighted by molar-refractivity contribution is 5.96. The van der Waals surface area contributed by atoms with Gasteiger partial charge in [-0.1, -0.05) is 0 Å². The number of aryl methyl sites for hydroxylation is 1. The predicted octanol–water partition coefficient (Wildman–Crippen LogP) is 3.55. The molecule has 1 saturated heterocycles. The Morgan fingerprint density at radius 2 is 1.75 bits per heavy atom. The zero-order valence-electron chi connectivity index (χ0n) is 22.1. The van der Waals surface area contributed by atoms with E-state index in [9.17, 15) is 18.4 Å². The van der Waals surface area contributed by atoms with E-state index < -0.39 is 6.61 Å². The smallest absolute Gasteiger partial charge is 0.387 e. The van der Waals surface area contributed by atoms with Gasteiger partial charge in [0.1, 0.15) is 5.75 Å². The van der Waals surface area contributed by atoms with E-state index in [-0.39, 0.29) is 24.1 Å². The maximum atomic E-state index is 13.2. The average Bonchev–Trinajstić information content (AvgIpc) is 3.38. The number of piperazine rings is 1. The summed E-state index contributed by atoms with van der Waals surface area (Å²) in [5, 5.41) is 6.15. The molecule has 1 aliphatic rings. The molecule has 0 aliphatic carbocycles. The lowest BCUT2D eigenvalue weighted by Crippen LogP contribution is -2.52. The fourth-order valence-corrected chi connectivity index (χ4v) is 4.74. The number of carbonyl (C=O) groups is 2. The molecular formula is C28H29F2N7O3. The molecule has 2 aromatic heterocycles. The van der Waals surface area contributed by atoms with Crippen LogP contribution in [0.4, 0.5) is 20.3 Å². The Hall–Kier alpha value is -4.58. The predicted molar refractivity (Wildman–Crippen MR) is 146 cm³/mol. The van der Waals surface area contributed by atoms with Gasteiger partial charge < -0.3 is 25.2 Å². The minimum absolute atomic E-state index is 0.0341. The maximum absolute atomic E-state index is 13.2. The number of ether oxygens (including phenoxy) is 1. The molecule has 4 aromatic rings. The van der Waals surface area contributed by atoms with E-state index in [1.807, 2.05) is 23.5 Å². The molecule has 12 heteroatoms. The summed E-state index contributed by atoms with van der Waals surface area (Å²) in [6, 6.07) is 11.8. The second kappa shape index (κ2) is 11.7. The summed E-state index contributed by atoms with van der Waals surface area (Å²) >= 11 is 0. The second-order valence-electron chi connectivity index (χ2n) is 9.37. The average molecular weight is 550 g/mol. The van der Waals surface area contributed by atoms with Crippen LogP contribution in [0.5, 0.6) is 5.75 Å². The highest BCUT2D eigenvalue weighted by Gasteiger charge is 2.25. The molecule has 1 aliphatic heterocycles. The van der Waals surface area contributed by atoms with Crippen LogP contribution in [0, 0.1) is 6.92 Å². The van der Waals surface area contributed by atoms with Crippen LogP contribution < -0.4 is 15.4 Å². The number of nitrogens with one attached hydrogen (secondary N) is 2. The Bertz CT molecular complexity index is 1520. The van der Waals surface area contributed by atoms with Crippen LogP contribution in [0.15, 0.2) is 61.1 Å². The van der Waals surface area contributed by atoms with Gasteiger partial charge in [-0.3, -0.25) is 14.0 Å². The molecule has 40 heavy (non-hydrogen) atoms. The molecule has 0 radical (unpaired) electrons. The van der Waals surface area contributed by atoms with Gasteiger partial charge in [-0.15, -0.1) is 0 Å². The number of imidazole rings is 1. The van der Waals surface area contributed by atoms with Crippen molar-refractivity contribution < 1.29 is 23.1 Å². The minimum atomic E-state index is -2.88. The van der Waals surface area contributed by atoms with E-state index in [0.717, 1.165) is 22.5 Å². The number of likely N-dealkylation sites (N-methyl/N-ethyl adjacent to an activating group) is 1. The fraction of sp³-hybridized carbons (Fsp3) is 0.286. The van der Waals surface area contributed by atoms with Crippen molar-refractivity contribution in [1.82, 2.24) is 29.5 Å². The van der Waals surface area contributed by atoms with Gasteiger partial charge in [-0.25, -0.2) is 9.97 Å². The molecule has 10 nitrogen and oxygen atoms in total. The fourth-order valence-electron chi connectivity index (χ4n) is 4.74. The van der Waals surface area contributed by atoms with Crippen LogP contribution in [0.1, 0.15) is 15.9 Å². The lowest BCUT2D eigenvalue weighted by Gasteiger charge is -2.35. The van der Waals surface area contributed by atoms with Crippen LogP contribution in [-0.4, -0.2) is 82.4 Å². The quantitative estimate of drug-likeness (QED) is 0.347. The van der Waals surface area contributed by atoms with Gasteiger partial charge in [0.15, 0.2) is 11.5 Å². The monoisotopic (exact) mass is 549 g/mol. The number of halogens is 2. The number of carbonyl (C=O) groups excluding carboxylic acids is 2. The second-order valence-corrected chi connectivity index (χ2v) is 9.37. The van der Waals surface area contributed by atoms with Crippen LogP contribution in [-0.2, 0) is 4.79 Å². The van der Waals surface area contributed by atoms with E-state index in [0.29, 0.717) is 43.2 Å². The van der Waals surface area contributed by atoms with E-state index in [4.69, 9.17) is 0 Å². The van der Waals surface area contributed by atoms with Crippen LogP contribution in [0.3, 0.4) is 0 Å². The van der Waals surface area contributed by atoms with Gasteiger partial charge in [0, 0.05) is 55.4 Å². The van der Waals surface area contributed by atoms with Gasteiger partial charge in [0.25, 0.3) is 5.91 Å². The van der Waals surface area contributed by atoms with Gasteiger partial charge in [-0.2, -0.15) is 8.78 Å². The molecule has 2 amide bonds. The SMILES string of the molecule is CNCC(=O)N1CCN(C(=O)c2ccc(Nc3nccn4c(-c5ccc(OC(F)F)cc5)cnc34)cc2C)CC1. The zero-order valence-corrected chi connectivity index (χ0v) is 22.1. The van der Waals surface area contributed by atoms with Crippen molar-refractivity contribution in [1.29, 1.82) is 0 Å². The van der Waals surface area contributed by atoms with Crippen molar-refractivity contribution in [3.05, 3.63) is 72.2 Å². The van der Waals surface area contributed by atoms with E-state index in [1.165, 1.54) is 12.1 Å². The number of aromatic nitrogens is 3. The summed E-state index contributed by atoms with van der Waals surface area (Å²) in [5.41, 5.74) is 4.27. The minimum Gasteiger partial charge on any atom is -0.435 e. The number of hydrogen-bond donors (Lipinski definition) is 2. The summed E-state index contributed by atoms with van der Waals surface area (Å²) in [4.78, 5) is 37.8. The Morgan fingerprint density at radius 3 is 2.42 bits per heavy atom. The number of amides is 2. The molecule has 5 rings (SSSR count). The topological polar surface area (TPSA) is 104 Å². The number of alkyl halides is 2. The van der Waals surface area contributed by atoms with Crippen molar-refractivity contribution in [3.8, 4) is 17.0 Å². The molecule has 208 valence electrons. The molecule has 0 bridgehead atoms. The van der Waals surface area contributed by atoms with Gasteiger partial charge in [-0.05, 0) is 62.0 Å². The van der Waals surface area contributed by atoms with Crippen molar-refractivity contribution >= 4 is 29.0 Å². The third-order valence-corrected chi connectivity index (χ3v) is 6.77. The van der Waals surface area contributed by atoms with Crippen molar-refractivity contribution in [2.24, 2.45) is 0 Å². The molecule has 0 saturated carbocycles. The van der Waals surface area contributed by atoms with Crippen molar-refractivity contribution in [2.75, 3.05) is 45.1 Å². The van der Waals surface area contributed by atoms with Crippen molar-refractivity contribution in [3.63, 3.8) is 0 Å². The number of nitrogens with zero attached hydrogens (tertiary/aromatic N) is 5. The highest BCUT2D eigenvalue weighted by atomic mass is 19.3. The summed E-state index contributed by atoms with van der Waals surface area (Å²) in [6.45, 7) is 1.30. The van der Waals surface area contributed by atoms with Gasteiger partial charge in [0.2, 0.25) is 5.91 Å². The number of fused-ring (bicyclic) bond motifs is 1. The standard InChI is InChI=1S/C28H29F2N7O3/c1-18-15-20(5-8-22(18)27(39)36-13-11-35(12-14-36)24(38)17-31-2)34-25-26-33-16-23(37(26)10-9-32-25)19-3-6-21(7-4-19)40-28(29)30/h3-10,15-16,28,31H,11-14,17H2,1-2H3,(H,32,34). The molecule has 3 heterocycles. The zero-order chi connectivity index (χ0) is 28.2. The maximum Gasteiger partial charge on any atom is 0.387 e. The third-order valence-electron chi connectivity index (χ3n) is 6.77. The Kier molecular flexibility index (Phi) is 7.87. The Morgan fingerprint density at radius 1 is 1.02 bits per heavy atom. The van der Waals surface area contributed by atoms with Crippen molar-refractivity contribution in [2.45, 2.75) is 13.5 Å². The summed E-state index contributed by atoms with van der Waals surface area (Å²) in [5.74, 6) is 0.572. The van der Waals surface area contributed by atoms with Gasteiger partial charge in [0.05, 0.1) is 18.4 Å². The summed E-state index contributed by atoms with van der Waals surface area (Å²) < 4.78 is 31.2. The van der Waals surface area contributed by atoms with E-state index in [1.54, 1.807) is 53.6 Å². The van der Waals surface area contributed by atoms with Crippen LogP contribution in [0.25, 0.3) is 16.9 Å². The van der Waals surface area contributed by atoms with E-state index >= 15 is 0 Å². The normalized spacial score (nSPS) is 13.6. The lowest BCUT2D eigenvalue weighted by molar-refractivity contribution is -0.131. The Balaban J connectivity index is 1.29. The summed E-state index contributed by atoms with van der Waals surface area (Å²) in [6.07, 6.45) is 5.09. The summed E-state index contributed by atoms with van der Waals surface area (Å²) in [7, 11) is 1.74. The first-order valence-electron chi connectivity index (χ1n) is 12.8. The Labute approximate surface area is 229 Å². The van der Waals surface area contributed by atoms with Gasteiger partial charge >= 0.3 is 6.61 Å². The third kappa shape index (κ3) is 5.71. The van der Waals surface area contributed by atoms with Crippen LogP contribution >= 0.6 is 0 Å². The molecule has 0 unspecified atom stereocenters. The molecule has 2 aromatic carbocycles. The molecule has 0 spiro atoms. The first-order valence-corrected chi connectivity index (χ1v) is 12.8. The first-order chi connectivity index (χ1) is 19.3. The number of rotatable bonds is 8. The molecule has 1 fully saturated rings. The van der Waals surface area contributed by atoms with E-state index in [2.05, 4.69) is 25.3 Å². The number of hydrogen-bond acceptors (Lipinski definition) is 7. The first kappa shape index (κ1) is 27.0. The molecular weight excluding hydrogens is 520 g/mol.